The summed E-state index contributed by atoms with van der Waals surface area (Å²) < 4.78 is 78.4. The van der Waals surface area contributed by atoms with Crippen molar-refractivity contribution in [2.45, 2.75) is 10.4 Å². The first-order chi connectivity index (χ1) is 13.7. The van der Waals surface area contributed by atoms with Gasteiger partial charge in [-0.15, -0.1) is 0 Å². The molecule has 200 valence electrons. The number of nitrogens with zero attached hydrogens (tertiary/aromatic N) is 2. The molecule has 31 heteroatoms. The van der Waals surface area contributed by atoms with E-state index in [0.717, 1.165) is 0 Å². The molecule has 0 aliphatic carbocycles. The molecule has 0 radical (unpaired) electrons. The van der Waals surface area contributed by atoms with Crippen LogP contribution in [0.2, 0.25) is 0 Å². The Kier molecular flexibility index (Phi) is 9.30. The molecule has 33 heavy (non-hydrogen) atoms. The van der Waals surface area contributed by atoms with Crippen molar-refractivity contribution in [1.82, 2.24) is 8.88 Å². The summed E-state index contributed by atoms with van der Waals surface area (Å²) in [6.45, 7) is 0. The van der Waals surface area contributed by atoms with Crippen LogP contribution < -0.4 is 5.73 Å². The minimum Gasteiger partial charge on any atom is -0.323 e. The summed E-state index contributed by atoms with van der Waals surface area (Å²) in [5, 5.41) is -12.4. The standard InChI is InChI=1S/C2H16N3O21P7/c3-1(27(6,7)8,4(30(15,16)17)31(18,19)20)2(28(9,10)11,29(12,13)14)5(32(21,22)23)33(24,25)26/h3H2,(H2,6,7,8)(H2,9,10,11)(H2,12,13,14)(H2,15,16,17)(H2,18,19,20)(H2,21,22,23)(H2,24,25,26). The average Bonchev–Trinajstić information content (AvgIpc) is 2.33. The lowest BCUT2D eigenvalue weighted by molar-refractivity contribution is 0.109. The van der Waals surface area contributed by atoms with Crippen LogP contribution in [0.25, 0.3) is 0 Å². The van der Waals surface area contributed by atoms with E-state index in [1.807, 2.05) is 0 Å². The second-order valence-electron chi connectivity index (χ2n) is 5.63. The third kappa shape index (κ3) is 5.92. The molecule has 0 aromatic rings. The fraction of sp³-hybridized carbons (Fsp3) is 1.00. The predicted octanol–water partition coefficient (Wildman–Crippen LogP) is -4.24. The summed E-state index contributed by atoms with van der Waals surface area (Å²) in [6.07, 6.45) is 0. The Bertz CT molecular complexity index is 1030. The van der Waals surface area contributed by atoms with Gasteiger partial charge in [-0.2, -0.15) is 0 Å². The van der Waals surface area contributed by atoms with Gasteiger partial charge in [0.2, 0.25) is 5.40 Å². The largest absolute Gasteiger partial charge is 0.414 e. The van der Waals surface area contributed by atoms with Gasteiger partial charge < -0.3 is 68.5 Å². The fourth-order valence-electron chi connectivity index (χ4n) is 2.49. The van der Waals surface area contributed by atoms with Crippen molar-refractivity contribution in [1.29, 1.82) is 0 Å². The Labute approximate surface area is 180 Å². The van der Waals surface area contributed by atoms with Gasteiger partial charge >= 0.3 is 53.8 Å². The molecular weight excluding hydrogens is 619 g/mol. The van der Waals surface area contributed by atoms with Crippen LogP contribution in [0.15, 0.2) is 0 Å². The Morgan fingerprint density at radius 2 is 0.636 bits per heavy atom. The van der Waals surface area contributed by atoms with Crippen LogP contribution >= 0.6 is 53.8 Å². The minimum atomic E-state index is -7.86. The van der Waals surface area contributed by atoms with Crippen molar-refractivity contribution in [2.75, 3.05) is 0 Å². The van der Waals surface area contributed by atoms with Crippen LogP contribution in [0.1, 0.15) is 0 Å². The van der Waals surface area contributed by atoms with E-state index in [1.165, 1.54) is 0 Å². The van der Waals surface area contributed by atoms with Crippen LogP contribution in [0.5, 0.6) is 0 Å². The minimum absolute atomic E-state index is 2.44. The van der Waals surface area contributed by atoms with Gasteiger partial charge in [0.25, 0.3) is 5.02 Å². The molecule has 0 heterocycles. The Morgan fingerprint density at radius 3 is 0.758 bits per heavy atom. The maximum Gasteiger partial charge on any atom is 0.414 e. The van der Waals surface area contributed by atoms with Crippen molar-refractivity contribution >= 4 is 53.8 Å². The second kappa shape index (κ2) is 9.04. The number of hydrogen-bond acceptors (Lipinski definition) is 8. The summed E-state index contributed by atoms with van der Waals surface area (Å²) in [5.41, 5.74) is 4.80. The van der Waals surface area contributed by atoms with Crippen molar-refractivity contribution < 1.29 is 100 Å². The second-order valence-corrected chi connectivity index (χ2v) is 17.6. The molecule has 0 saturated heterocycles. The normalized spacial score (nSPS) is 18.0. The first-order valence-electron chi connectivity index (χ1n) is 6.53. The van der Waals surface area contributed by atoms with Crippen LogP contribution in [0.3, 0.4) is 0 Å². The maximum atomic E-state index is 12.2. The molecule has 1 unspecified atom stereocenters. The van der Waals surface area contributed by atoms with E-state index in [9.17, 15) is 100 Å². The van der Waals surface area contributed by atoms with E-state index in [4.69, 9.17) is 5.73 Å². The first kappa shape index (κ1) is 33.9. The van der Waals surface area contributed by atoms with Gasteiger partial charge in [-0.1, -0.05) is 8.88 Å². The zero-order valence-corrected chi connectivity index (χ0v) is 21.0. The topological polar surface area (TPSA) is 435 Å². The molecule has 0 bridgehead atoms. The van der Waals surface area contributed by atoms with Crippen LogP contribution in [0, 0.1) is 0 Å². The number of rotatable bonds is 10. The molecule has 0 rings (SSSR count). The maximum absolute atomic E-state index is 12.2. The summed E-state index contributed by atoms with van der Waals surface area (Å²) in [5.74, 6) is 0. The van der Waals surface area contributed by atoms with Crippen LogP contribution in [-0.4, -0.2) is 87.8 Å². The molecule has 0 aliphatic heterocycles. The first-order valence-corrected chi connectivity index (χ1v) is 17.6. The lowest BCUT2D eigenvalue weighted by Crippen LogP contribution is -2.71. The van der Waals surface area contributed by atoms with Gasteiger partial charge in [-0.3, -0.25) is 19.4 Å². The molecule has 1 atom stereocenters. The summed E-state index contributed by atoms with van der Waals surface area (Å²) in [4.78, 5) is 131. The third-order valence-electron chi connectivity index (χ3n) is 3.32. The van der Waals surface area contributed by atoms with Crippen molar-refractivity contribution in [3.05, 3.63) is 0 Å². The molecular formula is C2H16N3O21P7. The van der Waals surface area contributed by atoms with Gasteiger partial charge in [0.05, 0.1) is 0 Å². The van der Waals surface area contributed by atoms with Gasteiger partial charge in [0, 0.05) is 0 Å². The van der Waals surface area contributed by atoms with Crippen molar-refractivity contribution in [3.8, 4) is 0 Å². The summed E-state index contributed by atoms with van der Waals surface area (Å²) in [6, 6.07) is 0. The molecule has 0 aromatic carbocycles. The van der Waals surface area contributed by atoms with E-state index in [2.05, 4.69) is 0 Å². The quantitative estimate of drug-likeness (QED) is 0.0798. The van der Waals surface area contributed by atoms with E-state index < -0.39 is 73.1 Å². The van der Waals surface area contributed by atoms with Gasteiger partial charge in [-0.05, 0) is 0 Å². The average molecular weight is 635 g/mol. The van der Waals surface area contributed by atoms with E-state index in [0.29, 0.717) is 0 Å². The van der Waals surface area contributed by atoms with Crippen molar-refractivity contribution in [3.63, 3.8) is 0 Å². The molecule has 0 amide bonds. The van der Waals surface area contributed by atoms with Gasteiger partial charge in [0.15, 0.2) is 0 Å². The van der Waals surface area contributed by atoms with Gasteiger partial charge in [-0.25, -0.2) is 18.3 Å². The lowest BCUT2D eigenvalue weighted by Gasteiger charge is -2.53. The van der Waals surface area contributed by atoms with E-state index in [1.54, 1.807) is 0 Å². The van der Waals surface area contributed by atoms with Crippen LogP contribution in [-0.2, 0) is 32.0 Å². The molecule has 0 spiro atoms. The van der Waals surface area contributed by atoms with Crippen LogP contribution in [0.4, 0.5) is 0 Å². The Balaban J connectivity index is 9.02. The predicted molar refractivity (Wildman–Crippen MR) is 97.6 cm³/mol. The van der Waals surface area contributed by atoms with E-state index in [-0.39, 0.29) is 0 Å². The zero-order chi connectivity index (χ0) is 27.7. The molecule has 0 fully saturated rings. The highest BCUT2D eigenvalue weighted by Gasteiger charge is 2.89. The molecule has 16 N–H and O–H groups in total. The van der Waals surface area contributed by atoms with Gasteiger partial charge in [0.1, 0.15) is 0 Å². The third-order valence-corrected chi connectivity index (χ3v) is 16.3. The summed E-state index contributed by atoms with van der Waals surface area (Å²) >= 11 is 0. The molecule has 24 nitrogen and oxygen atoms in total. The number of hydrogen-bond donors (Lipinski definition) is 15. The lowest BCUT2D eigenvalue weighted by atomic mass is 10.5. The zero-order valence-electron chi connectivity index (χ0n) is 14.7. The fourth-order valence-corrected chi connectivity index (χ4v) is 16.9. The Hall–Kier alpha value is 0.930. The summed E-state index contributed by atoms with van der Waals surface area (Å²) in [7, 11) is -52.7. The monoisotopic (exact) mass is 635 g/mol. The van der Waals surface area contributed by atoms with E-state index >= 15 is 0 Å². The molecule has 0 aliphatic rings. The highest BCUT2D eigenvalue weighted by Crippen LogP contribution is 2.88. The number of nitrogens with two attached hydrogens (primary N) is 1. The Morgan fingerprint density at radius 1 is 0.424 bits per heavy atom. The van der Waals surface area contributed by atoms with Crippen molar-refractivity contribution in [2.24, 2.45) is 5.73 Å². The highest BCUT2D eigenvalue weighted by molar-refractivity contribution is 7.78. The SMILES string of the molecule is NC(N(P(=O)(O)O)P(=O)(O)O)(C(N(P(=O)(O)O)P(=O)(O)O)(P(=O)(O)O)P(=O)(O)O)P(=O)(O)O. The smallest absolute Gasteiger partial charge is 0.323 e. The molecule has 0 aromatic heterocycles. The highest BCUT2D eigenvalue weighted by atomic mass is 31.3. The molecule has 0 saturated carbocycles.